The van der Waals surface area contributed by atoms with Crippen molar-refractivity contribution >= 4 is 15.9 Å². The minimum Gasteiger partial charge on any atom is -0.421 e. The van der Waals surface area contributed by atoms with E-state index in [4.69, 9.17) is 4.42 Å². The van der Waals surface area contributed by atoms with E-state index in [0.717, 1.165) is 11.0 Å². The maximum atomic E-state index is 13.6. The summed E-state index contributed by atoms with van der Waals surface area (Å²) in [5.74, 6) is 0.320. The largest absolute Gasteiger partial charge is 0.421 e. The van der Waals surface area contributed by atoms with Crippen LogP contribution in [0, 0.1) is 5.82 Å². The van der Waals surface area contributed by atoms with Gasteiger partial charge in [0.25, 0.3) is 5.89 Å². The van der Waals surface area contributed by atoms with Crippen LogP contribution in [0.5, 0.6) is 0 Å². The summed E-state index contributed by atoms with van der Waals surface area (Å²) in [5, 5.41) is 10.7. The van der Waals surface area contributed by atoms with E-state index in [-0.39, 0.29) is 11.7 Å². The summed E-state index contributed by atoms with van der Waals surface area (Å²) in [6, 6.07) is 4.60. The Kier molecular flexibility index (Phi) is 3.86. The van der Waals surface area contributed by atoms with Crippen molar-refractivity contribution in [3.05, 3.63) is 34.4 Å². The van der Waals surface area contributed by atoms with Crippen molar-refractivity contribution in [2.45, 2.75) is 6.42 Å². The Hall–Kier alpha value is -1.27. The number of nitrogens with one attached hydrogen (secondary N) is 1. The SMILES string of the molecule is CNCCc1nnc(-c2cc(Br)ccc2F)o1. The molecular formula is C11H11BrFN3O. The average Bonchev–Trinajstić information content (AvgIpc) is 2.78. The monoisotopic (exact) mass is 299 g/mol. The van der Waals surface area contributed by atoms with Crippen LogP contribution in [0.25, 0.3) is 11.5 Å². The zero-order chi connectivity index (χ0) is 12.3. The molecule has 2 aromatic rings. The van der Waals surface area contributed by atoms with Crippen LogP contribution in [-0.2, 0) is 6.42 Å². The number of aromatic nitrogens is 2. The summed E-state index contributed by atoms with van der Waals surface area (Å²) < 4.78 is 19.7. The number of nitrogens with zero attached hydrogens (tertiary/aromatic N) is 2. The molecule has 0 saturated carbocycles. The molecule has 6 heteroatoms. The molecule has 0 atom stereocenters. The predicted octanol–water partition coefficient (Wildman–Crippen LogP) is 2.40. The predicted molar refractivity (Wildman–Crippen MR) is 65.0 cm³/mol. The van der Waals surface area contributed by atoms with Gasteiger partial charge in [0.05, 0.1) is 5.56 Å². The van der Waals surface area contributed by atoms with Crippen LogP contribution in [-0.4, -0.2) is 23.8 Å². The molecule has 17 heavy (non-hydrogen) atoms. The first-order valence-corrected chi connectivity index (χ1v) is 5.92. The second-order valence-electron chi connectivity index (χ2n) is 3.48. The Morgan fingerprint density at radius 1 is 1.41 bits per heavy atom. The molecule has 1 N–H and O–H groups in total. The molecule has 0 unspecified atom stereocenters. The Bertz CT molecular complexity index is 515. The summed E-state index contributed by atoms with van der Waals surface area (Å²) in [4.78, 5) is 0. The van der Waals surface area contributed by atoms with Gasteiger partial charge in [-0.1, -0.05) is 15.9 Å². The van der Waals surface area contributed by atoms with E-state index in [1.165, 1.54) is 6.07 Å². The summed E-state index contributed by atoms with van der Waals surface area (Å²) in [6.07, 6.45) is 0.624. The summed E-state index contributed by atoms with van der Waals surface area (Å²) in [6.45, 7) is 0.739. The molecule has 0 amide bonds. The van der Waals surface area contributed by atoms with Gasteiger partial charge in [0, 0.05) is 17.4 Å². The Morgan fingerprint density at radius 3 is 3.00 bits per heavy atom. The van der Waals surface area contributed by atoms with Crippen LogP contribution in [0.1, 0.15) is 5.89 Å². The van der Waals surface area contributed by atoms with Crippen LogP contribution < -0.4 is 5.32 Å². The number of likely N-dealkylation sites (N-methyl/N-ethyl adjacent to an activating group) is 1. The van der Waals surface area contributed by atoms with Crippen molar-refractivity contribution in [1.29, 1.82) is 0 Å². The highest BCUT2D eigenvalue weighted by Crippen LogP contribution is 2.25. The molecule has 1 heterocycles. The summed E-state index contributed by atoms with van der Waals surface area (Å²) in [5.41, 5.74) is 0.308. The van der Waals surface area contributed by atoms with Crippen LogP contribution >= 0.6 is 15.9 Å². The van der Waals surface area contributed by atoms with Gasteiger partial charge in [-0.2, -0.15) is 0 Å². The molecule has 0 aliphatic carbocycles. The van der Waals surface area contributed by atoms with Crippen LogP contribution in [0.4, 0.5) is 4.39 Å². The number of benzene rings is 1. The summed E-state index contributed by atoms with van der Waals surface area (Å²) >= 11 is 3.28. The van der Waals surface area contributed by atoms with Crippen molar-refractivity contribution in [3.8, 4) is 11.5 Å². The van der Waals surface area contributed by atoms with Crippen LogP contribution in [0.2, 0.25) is 0 Å². The Labute approximate surface area is 106 Å². The molecule has 1 aromatic heterocycles. The molecule has 0 fully saturated rings. The molecule has 0 aliphatic heterocycles. The highest BCUT2D eigenvalue weighted by atomic mass is 79.9. The molecule has 0 saturated heterocycles. The molecule has 0 spiro atoms. The van der Waals surface area contributed by atoms with Crippen molar-refractivity contribution in [3.63, 3.8) is 0 Å². The fourth-order valence-corrected chi connectivity index (χ4v) is 1.72. The van der Waals surface area contributed by atoms with Gasteiger partial charge in [-0.05, 0) is 25.2 Å². The molecule has 1 aromatic carbocycles. The van der Waals surface area contributed by atoms with Gasteiger partial charge in [-0.15, -0.1) is 10.2 Å². The van der Waals surface area contributed by atoms with Gasteiger partial charge < -0.3 is 9.73 Å². The number of hydrogen-bond donors (Lipinski definition) is 1. The van der Waals surface area contributed by atoms with Gasteiger partial charge in [-0.3, -0.25) is 0 Å². The van der Waals surface area contributed by atoms with E-state index in [9.17, 15) is 4.39 Å². The zero-order valence-electron chi connectivity index (χ0n) is 9.20. The molecule has 2 rings (SSSR count). The molecule has 0 bridgehead atoms. The van der Waals surface area contributed by atoms with E-state index < -0.39 is 0 Å². The minimum absolute atomic E-state index is 0.204. The lowest BCUT2D eigenvalue weighted by Crippen LogP contribution is -2.10. The van der Waals surface area contributed by atoms with Gasteiger partial charge in [-0.25, -0.2) is 4.39 Å². The highest BCUT2D eigenvalue weighted by Gasteiger charge is 2.13. The quantitative estimate of drug-likeness (QED) is 0.942. The standard InChI is InChI=1S/C11H11BrFN3O/c1-14-5-4-10-15-16-11(17-10)8-6-7(12)2-3-9(8)13/h2-3,6,14H,4-5H2,1H3. The van der Waals surface area contributed by atoms with Gasteiger partial charge in [0.2, 0.25) is 5.89 Å². The van der Waals surface area contributed by atoms with Gasteiger partial charge in [0.1, 0.15) is 5.82 Å². The fourth-order valence-electron chi connectivity index (χ4n) is 1.36. The van der Waals surface area contributed by atoms with Gasteiger partial charge in [0.15, 0.2) is 0 Å². The lowest BCUT2D eigenvalue weighted by Gasteiger charge is -1.98. The van der Waals surface area contributed by atoms with Crippen molar-refractivity contribution in [1.82, 2.24) is 15.5 Å². The maximum absolute atomic E-state index is 13.6. The molecule has 0 aliphatic rings. The van der Waals surface area contributed by atoms with E-state index in [1.54, 1.807) is 12.1 Å². The normalized spacial score (nSPS) is 10.8. The topological polar surface area (TPSA) is 51.0 Å². The average molecular weight is 300 g/mol. The number of hydrogen-bond acceptors (Lipinski definition) is 4. The minimum atomic E-state index is -0.378. The lowest BCUT2D eigenvalue weighted by molar-refractivity contribution is 0.496. The third kappa shape index (κ3) is 2.89. The van der Waals surface area contributed by atoms with E-state index in [2.05, 4.69) is 31.4 Å². The maximum Gasteiger partial charge on any atom is 0.250 e. The molecular weight excluding hydrogens is 289 g/mol. The second-order valence-corrected chi connectivity index (χ2v) is 4.39. The van der Waals surface area contributed by atoms with E-state index in [0.29, 0.717) is 17.9 Å². The smallest absolute Gasteiger partial charge is 0.250 e. The summed E-state index contributed by atoms with van der Waals surface area (Å²) in [7, 11) is 1.84. The third-order valence-electron chi connectivity index (χ3n) is 2.21. The first kappa shape index (κ1) is 12.2. The van der Waals surface area contributed by atoms with E-state index >= 15 is 0 Å². The first-order chi connectivity index (χ1) is 8.20. The molecule has 90 valence electrons. The molecule has 0 radical (unpaired) electrons. The van der Waals surface area contributed by atoms with Crippen molar-refractivity contribution in [2.24, 2.45) is 0 Å². The second kappa shape index (κ2) is 5.37. The van der Waals surface area contributed by atoms with Crippen molar-refractivity contribution < 1.29 is 8.81 Å². The van der Waals surface area contributed by atoms with Gasteiger partial charge >= 0.3 is 0 Å². The lowest BCUT2D eigenvalue weighted by atomic mass is 10.2. The Morgan fingerprint density at radius 2 is 2.24 bits per heavy atom. The third-order valence-corrected chi connectivity index (χ3v) is 2.71. The van der Waals surface area contributed by atoms with Crippen LogP contribution in [0.15, 0.2) is 27.1 Å². The number of rotatable bonds is 4. The van der Waals surface area contributed by atoms with E-state index in [1.807, 2.05) is 7.05 Å². The van der Waals surface area contributed by atoms with Crippen molar-refractivity contribution in [2.75, 3.05) is 13.6 Å². The number of halogens is 2. The zero-order valence-corrected chi connectivity index (χ0v) is 10.8. The van der Waals surface area contributed by atoms with Crippen LogP contribution in [0.3, 0.4) is 0 Å². The first-order valence-electron chi connectivity index (χ1n) is 5.13. The fraction of sp³-hybridized carbons (Fsp3) is 0.273. The highest BCUT2D eigenvalue weighted by molar-refractivity contribution is 9.10. The Balaban J connectivity index is 2.27. The molecule has 4 nitrogen and oxygen atoms in total.